The van der Waals surface area contributed by atoms with Crippen LogP contribution in [0.5, 0.6) is 0 Å². The Morgan fingerprint density at radius 3 is 2.48 bits per heavy atom. The largest absolute Gasteiger partial charge is 0.399 e. The van der Waals surface area contributed by atoms with E-state index in [1.807, 2.05) is 30.6 Å². The fraction of sp³-hybridized carbons (Fsp3) is 0.333. The number of benzene rings is 1. The van der Waals surface area contributed by atoms with Crippen LogP contribution in [0.3, 0.4) is 0 Å². The fourth-order valence-electron chi connectivity index (χ4n) is 2.93. The molecule has 0 saturated carbocycles. The van der Waals surface area contributed by atoms with Crippen LogP contribution >= 0.6 is 24.8 Å². The summed E-state index contributed by atoms with van der Waals surface area (Å²) in [7, 11) is 0. The van der Waals surface area contributed by atoms with E-state index in [4.69, 9.17) is 5.73 Å². The molecule has 25 heavy (non-hydrogen) atoms. The van der Waals surface area contributed by atoms with Gasteiger partial charge in [-0.25, -0.2) is 0 Å². The highest BCUT2D eigenvalue weighted by Crippen LogP contribution is 2.14. The van der Waals surface area contributed by atoms with Crippen LogP contribution in [-0.2, 0) is 6.54 Å². The first kappa shape index (κ1) is 21.2. The van der Waals surface area contributed by atoms with E-state index in [1.165, 1.54) is 5.56 Å². The second-order valence-corrected chi connectivity index (χ2v) is 6.00. The number of hydrogen-bond donors (Lipinski definition) is 2. The maximum Gasteiger partial charge on any atom is 0.251 e. The van der Waals surface area contributed by atoms with Gasteiger partial charge in [-0.15, -0.1) is 24.8 Å². The molecule has 0 spiro atoms. The summed E-state index contributed by atoms with van der Waals surface area (Å²) in [6.45, 7) is 2.92. The zero-order valence-electron chi connectivity index (χ0n) is 13.9. The Kier molecular flexibility index (Phi) is 8.69. The first-order chi connectivity index (χ1) is 11.2. The monoisotopic (exact) mass is 382 g/mol. The molecule has 1 aromatic heterocycles. The molecule has 1 aliphatic heterocycles. The smallest absolute Gasteiger partial charge is 0.251 e. The third-order valence-corrected chi connectivity index (χ3v) is 4.23. The second kappa shape index (κ2) is 10.2. The number of hydrogen-bond acceptors (Lipinski definition) is 4. The third kappa shape index (κ3) is 6.20. The molecule has 2 aromatic rings. The van der Waals surface area contributed by atoms with Gasteiger partial charge in [0, 0.05) is 49.3 Å². The zero-order valence-corrected chi connectivity index (χ0v) is 15.6. The van der Waals surface area contributed by atoms with Crippen LogP contribution in [0.25, 0.3) is 0 Å². The Hall–Kier alpha value is -1.82. The van der Waals surface area contributed by atoms with E-state index in [9.17, 15) is 4.79 Å². The van der Waals surface area contributed by atoms with Crippen molar-refractivity contribution in [1.82, 2.24) is 15.2 Å². The molecule has 7 heteroatoms. The molecule has 0 unspecified atom stereocenters. The number of likely N-dealkylation sites (tertiary alicyclic amines) is 1. The summed E-state index contributed by atoms with van der Waals surface area (Å²) in [6, 6.07) is 11.4. The number of pyridine rings is 1. The molecule has 0 aliphatic carbocycles. The lowest BCUT2D eigenvalue weighted by atomic mass is 10.0. The third-order valence-electron chi connectivity index (χ3n) is 4.23. The van der Waals surface area contributed by atoms with E-state index in [0.29, 0.717) is 11.3 Å². The Bertz CT molecular complexity index is 661. The van der Waals surface area contributed by atoms with Crippen molar-refractivity contribution in [3.05, 3.63) is 59.9 Å². The highest BCUT2D eigenvalue weighted by Gasteiger charge is 2.21. The van der Waals surface area contributed by atoms with Crippen molar-refractivity contribution in [2.24, 2.45) is 0 Å². The standard InChI is InChI=1S/C18H22N4O.2ClH/c19-16-3-1-2-15(12-16)18(23)21-17-6-10-22(11-7-17)13-14-4-8-20-9-5-14;;/h1-5,8-9,12,17H,6-7,10-11,13,19H2,(H,21,23);2*1H. The molecule has 0 radical (unpaired) electrons. The topological polar surface area (TPSA) is 71.2 Å². The van der Waals surface area contributed by atoms with Crippen molar-refractivity contribution >= 4 is 36.4 Å². The van der Waals surface area contributed by atoms with Crippen molar-refractivity contribution in [2.45, 2.75) is 25.4 Å². The quantitative estimate of drug-likeness (QED) is 0.797. The number of anilines is 1. The average molecular weight is 383 g/mol. The fourth-order valence-corrected chi connectivity index (χ4v) is 2.93. The predicted octanol–water partition coefficient (Wildman–Crippen LogP) is 2.90. The Balaban J connectivity index is 0.00000156. The van der Waals surface area contributed by atoms with E-state index in [1.54, 1.807) is 18.2 Å². The van der Waals surface area contributed by atoms with Crippen LogP contribution in [-0.4, -0.2) is 34.9 Å². The number of carbonyl (C=O) groups excluding carboxylic acids is 1. The highest BCUT2D eigenvalue weighted by molar-refractivity contribution is 5.95. The number of aromatic nitrogens is 1. The van der Waals surface area contributed by atoms with Gasteiger partial charge < -0.3 is 11.1 Å². The van der Waals surface area contributed by atoms with Crippen LogP contribution in [0.4, 0.5) is 5.69 Å². The number of piperidine rings is 1. The molecule has 2 heterocycles. The molecule has 0 atom stereocenters. The summed E-state index contributed by atoms with van der Waals surface area (Å²) >= 11 is 0. The van der Waals surface area contributed by atoms with Crippen LogP contribution in [0.1, 0.15) is 28.8 Å². The molecule has 1 saturated heterocycles. The highest BCUT2D eigenvalue weighted by atomic mass is 35.5. The number of nitrogens with one attached hydrogen (secondary N) is 1. The van der Waals surface area contributed by atoms with Gasteiger partial charge in [0.15, 0.2) is 0 Å². The molecule has 0 bridgehead atoms. The Morgan fingerprint density at radius 2 is 1.84 bits per heavy atom. The molecule has 1 amide bonds. The lowest BCUT2D eigenvalue weighted by molar-refractivity contribution is 0.0909. The van der Waals surface area contributed by atoms with E-state index in [-0.39, 0.29) is 36.8 Å². The minimum Gasteiger partial charge on any atom is -0.399 e. The molecule has 3 rings (SSSR count). The van der Waals surface area contributed by atoms with Crippen molar-refractivity contribution in [3.8, 4) is 0 Å². The summed E-state index contributed by atoms with van der Waals surface area (Å²) in [5.41, 5.74) is 8.25. The van der Waals surface area contributed by atoms with Gasteiger partial charge in [0.05, 0.1) is 0 Å². The lowest BCUT2D eigenvalue weighted by Crippen LogP contribution is -2.44. The summed E-state index contributed by atoms with van der Waals surface area (Å²) in [5, 5.41) is 3.12. The maximum atomic E-state index is 12.3. The van der Waals surface area contributed by atoms with Crippen molar-refractivity contribution in [1.29, 1.82) is 0 Å². The number of nitrogens with two attached hydrogens (primary N) is 1. The lowest BCUT2D eigenvalue weighted by Gasteiger charge is -2.32. The molecule has 1 aromatic carbocycles. The first-order valence-electron chi connectivity index (χ1n) is 7.98. The van der Waals surface area contributed by atoms with Gasteiger partial charge in [0.1, 0.15) is 0 Å². The minimum atomic E-state index is -0.0371. The summed E-state index contributed by atoms with van der Waals surface area (Å²) in [4.78, 5) is 18.7. The molecule has 1 fully saturated rings. The summed E-state index contributed by atoms with van der Waals surface area (Å²) in [6.07, 6.45) is 5.60. The average Bonchev–Trinajstić information content (AvgIpc) is 2.57. The minimum absolute atomic E-state index is 0. The SMILES string of the molecule is Cl.Cl.Nc1cccc(C(=O)NC2CCN(Cc3ccncc3)CC2)c1. The van der Waals surface area contributed by atoms with Gasteiger partial charge in [-0.05, 0) is 48.7 Å². The predicted molar refractivity (Wildman–Crippen MR) is 105 cm³/mol. The number of nitrogen functional groups attached to an aromatic ring is 1. The van der Waals surface area contributed by atoms with Gasteiger partial charge in [-0.2, -0.15) is 0 Å². The molecule has 136 valence electrons. The molecule has 1 aliphatic rings. The molecule has 5 nitrogen and oxygen atoms in total. The van der Waals surface area contributed by atoms with Crippen LogP contribution < -0.4 is 11.1 Å². The Labute approximate surface area is 160 Å². The maximum absolute atomic E-state index is 12.3. The zero-order chi connectivity index (χ0) is 16.1. The number of carbonyl (C=O) groups is 1. The van der Waals surface area contributed by atoms with Gasteiger partial charge in [0.25, 0.3) is 5.91 Å². The van der Waals surface area contributed by atoms with Crippen LogP contribution in [0, 0.1) is 0 Å². The van der Waals surface area contributed by atoms with E-state index < -0.39 is 0 Å². The second-order valence-electron chi connectivity index (χ2n) is 6.00. The first-order valence-corrected chi connectivity index (χ1v) is 7.98. The van der Waals surface area contributed by atoms with E-state index >= 15 is 0 Å². The Morgan fingerprint density at radius 1 is 1.16 bits per heavy atom. The molecular formula is C18H24Cl2N4O. The molecular weight excluding hydrogens is 359 g/mol. The number of amides is 1. The van der Waals surface area contributed by atoms with Gasteiger partial charge >= 0.3 is 0 Å². The van der Waals surface area contributed by atoms with Gasteiger partial charge in [-0.3, -0.25) is 14.7 Å². The number of rotatable bonds is 4. The normalized spacial score (nSPS) is 14.9. The number of halogens is 2. The number of nitrogens with zero attached hydrogens (tertiary/aromatic N) is 2. The summed E-state index contributed by atoms with van der Waals surface area (Å²) < 4.78 is 0. The van der Waals surface area contributed by atoms with Gasteiger partial charge in [-0.1, -0.05) is 6.07 Å². The van der Waals surface area contributed by atoms with Crippen LogP contribution in [0.15, 0.2) is 48.8 Å². The van der Waals surface area contributed by atoms with E-state index in [2.05, 4.69) is 15.2 Å². The van der Waals surface area contributed by atoms with Gasteiger partial charge in [0.2, 0.25) is 0 Å². The van der Waals surface area contributed by atoms with Crippen molar-refractivity contribution in [2.75, 3.05) is 18.8 Å². The summed E-state index contributed by atoms with van der Waals surface area (Å²) in [5.74, 6) is -0.0371. The van der Waals surface area contributed by atoms with Crippen molar-refractivity contribution < 1.29 is 4.79 Å². The van der Waals surface area contributed by atoms with E-state index in [0.717, 1.165) is 32.5 Å². The molecule has 3 N–H and O–H groups in total. The van der Waals surface area contributed by atoms with Crippen molar-refractivity contribution in [3.63, 3.8) is 0 Å². The van der Waals surface area contributed by atoms with Crippen LogP contribution in [0.2, 0.25) is 0 Å².